The topological polar surface area (TPSA) is 57.7 Å². The van der Waals surface area contributed by atoms with Gasteiger partial charge in [0.15, 0.2) is 0 Å². The van der Waals surface area contributed by atoms with Gasteiger partial charge in [0.1, 0.15) is 0 Å². The Morgan fingerprint density at radius 1 is 1.15 bits per heavy atom. The fraction of sp³-hybridized carbons (Fsp3) is 0.455. The van der Waals surface area contributed by atoms with Crippen molar-refractivity contribution in [2.75, 3.05) is 52.8 Å². The fourth-order valence-corrected chi connectivity index (χ4v) is 5.02. The quantitative estimate of drug-likeness (QED) is 0.372. The molecule has 0 spiro atoms. The van der Waals surface area contributed by atoms with Crippen molar-refractivity contribution in [3.63, 3.8) is 0 Å². The second-order valence-electron chi connectivity index (χ2n) is 10.4. The number of nitrogens with one attached hydrogen (secondary N) is 1. The number of amides is 1. The molecule has 0 unspecified atom stereocenters. The van der Waals surface area contributed by atoms with Crippen molar-refractivity contribution in [1.29, 1.82) is 0 Å². The highest BCUT2D eigenvalue weighted by atomic mass is 16.5. The first-order valence-electron chi connectivity index (χ1n) is 14.2. The maximum Gasteiger partial charge on any atom is 0.253 e. The van der Waals surface area contributed by atoms with Gasteiger partial charge in [0.05, 0.1) is 6.61 Å². The highest BCUT2D eigenvalue weighted by molar-refractivity contribution is 5.93. The number of aromatic nitrogens is 1. The lowest BCUT2D eigenvalue weighted by Gasteiger charge is -2.32. The largest absolute Gasteiger partial charge is 0.380 e. The molecular weight excluding hydrogens is 484 g/mol. The predicted molar refractivity (Wildman–Crippen MR) is 163 cm³/mol. The molecular formula is C33H46N4O2. The Morgan fingerprint density at radius 2 is 1.85 bits per heavy atom. The lowest BCUT2D eigenvalue weighted by atomic mass is 9.88. The number of methoxy groups -OCH3 is 1. The van der Waals surface area contributed by atoms with E-state index in [-0.39, 0.29) is 5.91 Å². The summed E-state index contributed by atoms with van der Waals surface area (Å²) in [6, 6.07) is 10.2. The molecule has 2 heterocycles. The van der Waals surface area contributed by atoms with Crippen molar-refractivity contribution < 1.29 is 9.53 Å². The Hall–Kier alpha value is -3.22. The zero-order valence-electron chi connectivity index (χ0n) is 24.9. The van der Waals surface area contributed by atoms with E-state index in [0.29, 0.717) is 5.92 Å². The van der Waals surface area contributed by atoms with Gasteiger partial charge in [0, 0.05) is 62.7 Å². The van der Waals surface area contributed by atoms with Crippen LogP contribution in [0.15, 0.2) is 65.5 Å². The van der Waals surface area contributed by atoms with Crippen LogP contribution in [0, 0.1) is 6.92 Å². The number of nitrogens with zero attached hydrogens (tertiary/aromatic N) is 3. The third-order valence-corrected chi connectivity index (χ3v) is 7.25. The molecule has 1 fully saturated rings. The second-order valence-corrected chi connectivity index (χ2v) is 10.4. The molecule has 6 nitrogen and oxygen atoms in total. The summed E-state index contributed by atoms with van der Waals surface area (Å²) < 4.78 is 5.20. The third-order valence-electron chi connectivity index (χ3n) is 7.25. The van der Waals surface area contributed by atoms with Gasteiger partial charge in [-0.2, -0.15) is 0 Å². The van der Waals surface area contributed by atoms with Gasteiger partial charge in [-0.3, -0.25) is 14.7 Å². The number of pyridine rings is 1. The Morgan fingerprint density at radius 3 is 2.49 bits per heavy atom. The SMILES string of the molecule is CC.COCC1=C(/C=C\Nc2ccnc(C)c2/C=C(\C)CN2CCC(c3ccc(C(=O)N(C)C)cc3)CC2)C1. The normalized spacial score (nSPS) is 16.2. The molecule has 6 heteroatoms. The van der Waals surface area contributed by atoms with E-state index in [1.165, 1.54) is 22.3 Å². The summed E-state index contributed by atoms with van der Waals surface area (Å²) in [6.07, 6.45) is 11.6. The molecule has 0 radical (unpaired) electrons. The van der Waals surface area contributed by atoms with Crippen LogP contribution in [0.4, 0.5) is 5.69 Å². The van der Waals surface area contributed by atoms with Gasteiger partial charge in [-0.25, -0.2) is 0 Å². The van der Waals surface area contributed by atoms with Gasteiger partial charge >= 0.3 is 0 Å². The monoisotopic (exact) mass is 530 g/mol. The maximum atomic E-state index is 12.2. The smallest absolute Gasteiger partial charge is 0.253 e. The predicted octanol–water partition coefficient (Wildman–Crippen LogP) is 6.67. The number of aryl methyl sites for hydroxylation is 1. The standard InChI is InChI=1S/C31H40N4O2.C2H6/c1-22(18-29-23(2)32-15-11-30(29)33-14-10-27-19-28(27)21-37-5)20-35-16-12-25(13-17-35)24-6-8-26(9-7-24)31(36)34(3)4;1-2/h6-11,14-15,18,25H,12-13,16-17,19-21H2,1-5H3,(H,32,33);1-2H3/b14-10-,22-18+;. The van der Waals surface area contributed by atoms with E-state index >= 15 is 0 Å². The van der Waals surface area contributed by atoms with Crippen LogP contribution in [0.3, 0.4) is 0 Å². The number of carbonyl (C=O) groups is 1. The number of hydrogen-bond donors (Lipinski definition) is 1. The Labute approximate surface area is 235 Å². The Bertz CT molecular complexity index is 1190. The van der Waals surface area contributed by atoms with Crippen molar-refractivity contribution in [3.8, 4) is 0 Å². The number of carbonyl (C=O) groups excluding carboxylic acids is 1. The molecule has 1 aromatic heterocycles. The third kappa shape index (κ3) is 8.64. The van der Waals surface area contributed by atoms with E-state index in [0.717, 1.165) is 68.0 Å². The van der Waals surface area contributed by atoms with Crippen LogP contribution in [-0.2, 0) is 4.74 Å². The lowest BCUT2D eigenvalue weighted by molar-refractivity contribution is 0.0827. The van der Waals surface area contributed by atoms with Crippen molar-refractivity contribution in [3.05, 3.63) is 87.9 Å². The van der Waals surface area contributed by atoms with Crippen LogP contribution in [0.25, 0.3) is 6.08 Å². The summed E-state index contributed by atoms with van der Waals surface area (Å²) in [5, 5.41) is 3.46. The highest BCUT2D eigenvalue weighted by Gasteiger charge is 2.21. The van der Waals surface area contributed by atoms with Gasteiger partial charge in [-0.1, -0.05) is 37.6 Å². The van der Waals surface area contributed by atoms with E-state index in [9.17, 15) is 4.79 Å². The average molecular weight is 531 g/mol. The molecule has 0 bridgehead atoms. The molecule has 1 amide bonds. The number of allylic oxidation sites excluding steroid dienone is 2. The van der Waals surface area contributed by atoms with Gasteiger partial charge in [0.2, 0.25) is 0 Å². The van der Waals surface area contributed by atoms with Crippen LogP contribution in [0.1, 0.15) is 73.1 Å². The number of ether oxygens (including phenoxy) is 1. The average Bonchev–Trinajstić information content (AvgIpc) is 3.69. The van der Waals surface area contributed by atoms with E-state index in [1.54, 1.807) is 26.1 Å². The van der Waals surface area contributed by atoms with Crippen LogP contribution in [0.5, 0.6) is 0 Å². The van der Waals surface area contributed by atoms with E-state index in [2.05, 4.69) is 53.3 Å². The number of anilines is 1. The first kappa shape index (κ1) is 30.3. The fourth-order valence-electron chi connectivity index (χ4n) is 5.02. The molecule has 0 saturated carbocycles. The number of piperidine rings is 1. The summed E-state index contributed by atoms with van der Waals surface area (Å²) in [7, 11) is 5.32. The molecule has 0 atom stereocenters. The van der Waals surface area contributed by atoms with Gasteiger partial charge in [0.25, 0.3) is 5.91 Å². The molecule has 1 aromatic carbocycles. The minimum Gasteiger partial charge on any atom is -0.380 e. The minimum absolute atomic E-state index is 0.0541. The van der Waals surface area contributed by atoms with Crippen molar-refractivity contribution >= 4 is 17.7 Å². The molecule has 2 aliphatic rings. The molecule has 1 aliphatic carbocycles. The molecule has 39 heavy (non-hydrogen) atoms. The van der Waals surface area contributed by atoms with Crippen molar-refractivity contribution in [1.82, 2.24) is 14.8 Å². The minimum atomic E-state index is 0.0541. The first-order valence-corrected chi connectivity index (χ1v) is 14.2. The number of rotatable bonds is 10. The molecule has 2 aromatic rings. The zero-order chi connectivity index (χ0) is 28.4. The van der Waals surface area contributed by atoms with E-state index in [4.69, 9.17) is 4.74 Å². The van der Waals surface area contributed by atoms with E-state index < -0.39 is 0 Å². The van der Waals surface area contributed by atoms with E-state index in [1.807, 2.05) is 44.4 Å². The summed E-state index contributed by atoms with van der Waals surface area (Å²) >= 11 is 0. The highest BCUT2D eigenvalue weighted by Crippen LogP contribution is 2.32. The molecule has 4 rings (SSSR count). The maximum absolute atomic E-state index is 12.2. The second kappa shape index (κ2) is 14.8. The molecule has 210 valence electrons. The van der Waals surface area contributed by atoms with Gasteiger partial charge in [-0.05, 0) is 93.1 Å². The van der Waals surface area contributed by atoms with Crippen LogP contribution < -0.4 is 5.32 Å². The molecule has 1 saturated heterocycles. The van der Waals surface area contributed by atoms with Crippen LogP contribution >= 0.6 is 0 Å². The number of hydrogen-bond acceptors (Lipinski definition) is 5. The molecule has 1 N–H and O–H groups in total. The summed E-state index contributed by atoms with van der Waals surface area (Å²) in [5.41, 5.74) is 9.41. The van der Waals surface area contributed by atoms with Gasteiger partial charge < -0.3 is 15.0 Å². The number of benzene rings is 1. The van der Waals surface area contributed by atoms with Crippen LogP contribution in [-0.4, -0.2) is 68.1 Å². The Balaban J connectivity index is 0.00000205. The zero-order valence-corrected chi connectivity index (χ0v) is 24.9. The molecule has 1 aliphatic heterocycles. The van der Waals surface area contributed by atoms with Gasteiger partial charge in [-0.15, -0.1) is 0 Å². The lowest BCUT2D eigenvalue weighted by Crippen LogP contribution is -2.34. The van der Waals surface area contributed by atoms with Crippen molar-refractivity contribution in [2.45, 2.75) is 52.9 Å². The summed E-state index contributed by atoms with van der Waals surface area (Å²) in [4.78, 5) is 20.9. The number of likely N-dealkylation sites (tertiary alicyclic amines) is 1. The Kier molecular flexibility index (Phi) is 11.5. The van der Waals surface area contributed by atoms with Crippen molar-refractivity contribution in [2.24, 2.45) is 0 Å². The van der Waals surface area contributed by atoms with Crippen LogP contribution in [0.2, 0.25) is 0 Å². The first-order chi connectivity index (χ1) is 18.9. The summed E-state index contributed by atoms with van der Waals surface area (Å²) in [6.45, 7) is 12.1. The summed E-state index contributed by atoms with van der Waals surface area (Å²) in [5.74, 6) is 0.608.